The van der Waals surface area contributed by atoms with E-state index in [4.69, 9.17) is 34.8 Å². The molecule has 0 fully saturated rings. The van der Waals surface area contributed by atoms with Crippen molar-refractivity contribution in [3.63, 3.8) is 0 Å². The van der Waals surface area contributed by atoms with Gasteiger partial charge in [-0.2, -0.15) is 0 Å². The lowest BCUT2D eigenvalue weighted by Crippen LogP contribution is -1.99. The van der Waals surface area contributed by atoms with Crippen LogP contribution in [0.15, 0.2) is 11.1 Å². The van der Waals surface area contributed by atoms with Gasteiger partial charge in [0.05, 0.1) is 5.92 Å². The highest BCUT2D eigenvalue weighted by Gasteiger charge is 2.48. The van der Waals surface area contributed by atoms with Gasteiger partial charge in [0.2, 0.25) is 15.7 Å². The minimum atomic E-state index is -0.985. The van der Waals surface area contributed by atoms with Crippen molar-refractivity contribution in [2.75, 3.05) is 0 Å². The zero-order valence-electron chi connectivity index (χ0n) is 5.44. The van der Waals surface area contributed by atoms with Gasteiger partial charge in [0.1, 0.15) is 0 Å². The van der Waals surface area contributed by atoms with E-state index in [0.29, 0.717) is 0 Å². The van der Waals surface area contributed by atoms with Crippen LogP contribution in [0, 0.1) is 5.92 Å². The highest BCUT2D eigenvalue weighted by atomic mass is 35.5. The van der Waals surface area contributed by atoms with Crippen molar-refractivity contribution >= 4 is 50.5 Å². The van der Waals surface area contributed by atoms with E-state index in [1.54, 1.807) is 0 Å². The van der Waals surface area contributed by atoms with Crippen molar-refractivity contribution in [3.05, 3.63) is 11.1 Å². The quantitative estimate of drug-likeness (QED) is 0.681. The van der Waals surface area contributed by atoms with Gasteiger partial charge in [-0.3, -0.25) is 14.4 Å². The fraction of sp³-hybridized carbons (Fsp3) is 0.167. The molecule has 1 aliphatic carbocycles. The summed E-state index contributed by atoms with van der Waals surface area (Å²) in [7, 11) is 0. The number of carbonyl (C=O) groups is 3. The predicted octanol–water partition coefficient (Wildman–Crippen LogP) is 1.21. The van der Waals surface area contributed by atoms with E-state index < -0.39 is 21.6 Å². The van der Waals surface area contributed by atoms with E-state index in [1.807, 2.05) is 0 Å². The van der Waals surface area contributed by atoms with Crippen molar-refractivity contribution in [1.82, 2.24) is 0 Å². The molecule has 0 aromatic heterocycles. The molecule has 0 heterocycles. The minimum absolute atomic E-state index is 0.0864. The van der Waals surface area contributed by atoms with Gasteiger partial charge >= 0.3 is 0 Å². The van der Waals surface area contributed by atoms with Crippen LogP contribution in [0.4, 0.5) is 0 Å². The van der Waals surface area contributed by atoms with Crippen LogP contribution in [0.3, 0.4) is 0 Å². The van der Waals surface area contributed by atoms with Crippen molar-refractivity contribution in [1.29, 1.82) is 0 Å². The Balaban J connectivity index is 2.90. The number of hydrogen-bond acceptors (Lipinski definition) is 3. The standard InChI is InChI=1S/C6HCl3O3/c7-4(10)1-2(5(8)11)3(1)6(9)12/h1H. The molecule has 0 bridgehead atoms. The highest BCUT2D eigenvalue weighted by Crippen LogP contribution is 2.43. The molecule has 0 aliphatic heterocycles. The molecule has 64 valence electrons. The molecule has 1 rings (SSSR count). The van der Waals surface area contributed by atoms with Gasteiger partial charge in [-0.05, 0) is 34.8 Å². The van der Waals surface area contributed by atoms with Gasteiger partial charge in [0, 0.05) is 11.1 Å². The molecule has 0 radical (unpaired) electrons. The largest absolute Gasteiger partial charge is 0.280 e. The predicted molar refractivity (Wildman–Crippen MR) is 43.1 cm³/mol. The average Bonchev–Trinajstić information content (AvgIpc) is 2.58. The second-order valence-corrected chi connectivity index (χ2v) is 3.17. The van der Waals surface area contributed by atoms with Gasteiger partial charge in [-0.25, -0.2) is 0 Å². The Morgan fingerprint density at radius 3 is 1.33 bits per heavy atom. The fourth-order valence-electron chi connectivity index (χ4n) is 0.888. The summed E-state index contributed by atoms with van der Waals surface area (Å²) >= 11 is 15.1. The second-order valence-electron chi connectivity index (χ2n) is 2.11. The van der Waals surface area contributed by atoms with Crippen molar-refractivity contribution < 1.29 is 14.4 Å². The van der Waals surface area contributed by atoms with Gasteiger partial charge < -0.3 is 0 Å². The summed E-state index contributed by atoms with van der Waals surface area (Å²) in [5.74, 6) is -0.985. The van der Waals surface area contributed by atoms with Crippen molar-refractivity contribution in [2.45, 2.75) is 0 Å². The van der Waals surface area contributed by atoms with Crippen LogP contribution < -0.4 is 0 Å². The maximum atomic E-state index is 10.5. The average molecular weight is 227 g/mol. The fourth-order valence-corrected chi connectivity index (χ4v) is 1.53. The molecule has 0 aromatic carbocycles. The minimum Gasteiger partial charge on any atom is -0.280 e. The number of halogens is 3. The third-order valence-electron chi connectivity index (χ3n) is 1.43. The molecule has 6 heteroatoms. The normalized spacial score (nSPS) is 16.2. The van der Waals surface area contributed by atoms with Crippen molar-refractivity contribution in [3.8, 4) is 0 Å². The van der Waals surface area contributed by atoms with Gasteiger partial charge in [-0.1, -0.05) is 0 Å². The van der Waals surface area contributed by atoms with Crippen LogP contribution in [-0.2, 0) is 14.4 Å². The summed E-state index contributed by atoms with van der Waals surface area (Å²) in [6, 6.07) is 0. The molecular formula is C6HCl3O3. The molecule has 12 heavy (non-hydrogen) atoms. The number of hydrogen-bond donors (Lipinski definition) is 0. The molecule has 0 atom stereocenters. The Kier molecular flexibility index (Phi) is 2.56. The molecule has 1 aliphatic rings. The Hall–Kier alpha value is -0.380. The molecule has 0 amide bonds. The molecule has 0 spiro atoms. The van der Waals surface area contributed by atoms with E-state index in [1.165, 1.54) is 0 Å². The zero-order chi connectivity index (χ0) is 9.46. The van der Waals surface area contributed by atoms with Gasteiger partial charge in [0.15, 0.2) is 0 Å². The Morgan fingerprint density at radius 1 is 0.917 bits per heavy atom. The Bertz CT molecular complexity index is 294. The molecule has 0 unspecified atom stereocenters. The maximum absolute atomic E-state index is 10.5. The first kappa shape index (κ1) is 9.71. The third-order valence-corrected chi connectivity index (χ3v) is 2.06. The molecule has 0 aromatic rings. The van der Waals surface area contributed by atoms with Crippen LogP contribution in [0.1, 0.15) is 0 Å². The molecule has 0 saturated carbocycles. The first-order valence-electron chi connectivity index (χ1n) is 2.80. The van der Waals surface area contributed by atoms with E-state index in [-0.39, 0.29) is 11.1 Å². The van der Waals surface area contributed by atoms with E-state index in [2.05, 4.69) is 0 Å². The zero-order valence-corrected chi connectivity index (χ0v) is 7.70. The topological polar surface area (TPSA) is 51.2 Å². The van der Waals surface area contributed by atoms with Crippen LogP contribution >= 0.6 is 34.8 Å². The van der Waals surface area contributed by atoms with Crippen LogP contribution in [0.2, 0.25) is 0 Å². The highest BCUT2D eigenvalue weighted by molar-refractivity contribution is 6.76. The summed E-state index contributed by atoms with van der Waals surface area (Å²) in [4.78, 5) is 31.6. The summed E-state index contributed by atoms with van der Waals surface area (Å²) in [5, 5.41) is -2.54. The van der Waals surface area contributed by atoms with Crippen LogP contribution in [0.5, 0.6) is 0 Å². The summed E-state index contributed by atoms with van der Waals surface area (Å²) in [6.07, 6.45) is 0. The van der Waals surface area contributed by atoms with Crippen LogP contribution in [0.25, 0.3) is 0 Å². The molecule has 0 saturated heterocycles. The molecular weight excluding hydrogens is 226 g/mol. The van der Waals surface area contributed by atoms with E-state index in [0.717, 1.165) is 0 Å². The number of allylic oxidation sites excluding steroid dienone is 2. The maximum Gasteiger partial charge on any atom is 0.249 e. The SMILES string of the molecule is O=C(Cl)C1=C(C(=O)Cl)C1C(=O)Cl. The lowest BCUT2D eigenvalue weighted by Gasteiger charge is -1.85. The smallest absolute Gasteiger partial charge is 0.249 e. The van der Waals surface area contributed by atoms with E-state index in [9.17, 15) is 14.4 Å². The van der Waals surface area contributed by atoms with Gasteiger partial charge in [0.25, 0.3) is 0 Å². The van der Waals surface area contributed by atoms with Gasteiger partial charge in [-0.15, -0.1) is 0 Å². The lowest BCUT2D eigenvalue weighted by atomic mass is 10.3. The summed E-state index contributed by atoms with van der Waals surface area (Å²) < 4.78 is 0. The lowest BCUT2D eigenvalue weighted by molar-refractivity contribution is -0.115. The number of carbonyl (C=O) groups excluding carboxylic acids is 3. The van der Waals surface area contributed by atoms with Crippen LogP contribution in [-0.4, -0.2) is 15.7 Å². The first-order chi connectivity index (χ1) is 5.46. The first-order valence-corrected chi connectivity index (χ1v) is 3.93. The summed E-state index contributed by atoms with van der Waals surface area (Å²) in [6.45, 7) is 0. The molecule has 0 N–H and O–H groups in total. The number of rotatable bonds is 3. The summed E-state index contributed by atoms with van der Waals surface area (Å²) in [5.41, 5.74) is -0.173. The second kappa shape index (κ2) is 3.17. The Labute approximate surface area is 82.3 Å². The Morgan fingerprint density at radius 2 is 1.25 bits per heavy atom. The third kappa shape index (κ3) is 1.53. The monoisotopic (exact) mass is 226 g/mol. The van der Waals surface area contributed by atoms with E-state index >= 15 is 0 Å². The molecule has 3 nitrogen and oxygen atoms in total. The van der Waals surface area contributed by atoms with Crippen molar-refractivity contribution in [2.24, 2.45) is 5.92 Å².